The van der Waals surface area contributed by atoms with Crippen molar-refractivity contribution in [2.75, 3.05) is 36.1 Å². The van der Waals surface area contributed by atoms with Gasteiger partial charge in [-0.05, 0) is 73.6 Å². The summed E-state index contributed by atoms with van der Waals surface area (Å²) in [6, 6.07) is 20.0. The van der Waals surface area contributed by atoms with E-state index in [0.29, 0.717) is 6.04 Å². The fraction of sp³-hybridized carbons (Fsp3) is 0.407. The SMILES string of the molecule is S=C1NC(c2ccccn2)C(c2cccn2C2CCCC2)N1c1ccc(N2CCOCC2)cc1. The summed E-state index contributed by atoms with van der Waals surface area (Å²) < 4.78 is 8.02. The predicted molar refractivity (Wildman–Crippen MR) is 139 cm³/mol. The third-order valence-corrected chi connectivity index (χ3v) is 7.75. The van der Waals surface area contributed by atoms with E-state index in [1.807, 2.05) is 12.3 Å². The van der Waals surface area contributed by atoms with Crippen LogP contribution in [0.25, 0.3) is 0 Å². The zero-order valence-corrected chi connectivity index (χ0v) is 20.2. The molecule has 6 rings (SSSR count). The van der Waals surface area contributed by atoms with Gasteiger partial charge in [0.25, 0.3) is 0 Å². The number of hydrogen-bond donors (Lipinski definition) is 1. The molecule has 7 heteroatoms. The van der Waals surface area contributed by atoms with Crippen molar-refractivity contribution in [3.8, 4) is 0 Å². The summed E-state index contributed by atoms with van der Waals surface area (Å²) >= 11 is 5.94. The van der Waals surface area contributed by atoms with Gasteiger partial charge in [-0.3, -0.25) is 4.98 Å². The Morgan fingerprint density at radius 2 is 1.68 bits per heavy atom. The van der Waals surface area contributed by atoms with Crippen LogP contribution in [0.4, 0.5) is 11.4 Å². The van der Waals surface area contributed by atoms with Gasteiger partial charge in [0.2, 0.25) is 0 Å². The third kappa shape index (κ3) is 3.97. The van der Waals surface area contributed by atoms with Crippen LogP contribution in [-0.4, -0.2) is 41.0 Å². The standard InChI is InChI=1S/C27H31N5OS/c34-27-29-25(23-8-3-4-14-28-23)26(24-9-5-15-31(24)21-6-1-2-7-21)32(27)22-12-10-20(11-13-22)30-16-18-33-19-17-30/h3-5,8-15,21,25-26H,1-2,6-7,16-19H2,(H,29,34). The molecule has 0 amide bonds. The van der Waals surface area contributed by atoms with Gasteiger partial charge in [-0.25, -0.2) is 0 Å². The first-order valence-electron chi connectivity index (χ1n) is 12.4. The average molecular weight is 474 g/mol. The van der Waals surface area contributed by atoms with Crippen molar-refractivity contribution in [3.05, 3.63) is 78.4 Å². The summed E-state index contributed by atoms with van der Waals surface area (Å²) in [6.07, 6.45) is 9.22. The molecule has 2 aromatic heterocycles. The predicted octanol–water partition coefficient (Wildman–Crippen LogP) is 5.01. The van der Waals surface area contributed by atoms with Crippen LogP contribution in [-0.2, 0) is 4.74 Å². The van der Waals surface area contributed by atoms with Gasteiger partial charge in [0, 0.05) is 48.6 Å². The summed E-state index contributed by atoms with van der Waals surface area (Å²) in [5.74, 6) is 0. The maximum Gasteiger partial charge on any atom is 0.174 e. The van der Waals surface area contributed by atoms with E-state index in [-0.39, 0.29) is 12.1 Å². The Bertz CT molecular complexity index is 1120. The minimum absolute atomic E-state index is 0.0114. The molecule has 2 aliphatic heterocycles. The molecule has 2 saturated heterocycles. The van der Waals surface area contributed by atoms with Crippen molar-refractivity contribution in [1.82, 2.24) is 14.9 Å². The minimum Gasteiger partial charge on any atom is -0.378 e. The highest BCUT2D eigenvalue weighted by Crippen LogP contribution is 2.44. The molecule has 3 aromatic rings. The van der Waals surface area contributed by atoms with Gasteiger partial charge in [0.15, 0.2) is 5.11 Å². The Kier molecular flexibility index (Phi) is 5.97. The van der Waals surface area contributed by atoms with Gasteiger partial charge in [0.05, 0.1) is 24.9 Å². The largest absolute Gasteiger partial charge is 0.378 e. The van der Waals surface area contributed by atoms with Crippen molar-refractivity contribution >= 4 is 28.7 Å². The molecule has 0 radical (unpaired) electrons. The van der Waals surface area contributed by atoms with Gasteiger partial charge >= 0.3 is 0 Å². The molecule has 1 saturated carbocycles. The lowest BCUT2D eigenvalue weighted by Gasteiger charge is -2.32. The average Bonchev–Trinajstić information content (AvgIpc) is 3.65. The molecule has 0 bridgehead atoms. The number of rotatable bonds is 5. The topological polar surface area (TPSA) is 45.6 Å². The van der Waals surface area contributed by atoms with Crippen LogP contribution in [0.3, 0.4) is 0 Å². The van der Waals surface area contributed by atoms with E-state index in [9.17, 15) is 0 Å². The highest BCUT2D eigenvalue weighted by atomic mass is 32.1. The number of hydrogen-bond acceptors (Lipinski definition) is 4. The van der Waals surface area contributed by atoms with E-state index in [1.165, 1.54) is 37.1 Å². The Balaban J connectivity index is 1.38. The minimum atomic E-state index is -0.0114. The number of benzene rings is 1. The molecule has 6 nitrogen and oxygen atoms in total. The summed E-state index contributed by atoms with van der Waals surface area (Å²) in [6.45, 7) is 3.44. The van der Waals surface area contributed by atoms with Crippen molar-refractivity contribution in [3.63, 3.8) is 0 Å². The maximum atomic E-state index is 5.94. The van der Waals surface area contributed by atoms with Gasteiger partial charge in [0.1, 0.15) is 6.04 Å². The Labute approximate surface area is 206 Å². The molecule has 1 aliphatic carbocycles. The van der Waals surface area contributed by atoms with Crippen LogP contribution < -0.4 is 15.1 Å². The number of morpholine rings is 1. The van der Waals surface area contributed by atoms with E-state index in [2.05, 4.69) is 74.4 Å². The third-order valence-electron chi connectivity index (χ3n) is 7.44. The molecule has 2 atom stereocenters. The van der Waals surface area contributed by atoms with Crippen LogP contribution in [0.5, 0.6) is 0 Å². The van der Waals surface area contributed by atoms with E-state index in [0.717, 1.165) is 42.8 Å². The van der Waals surface area contributed by atoms with E-state index in [4.69, 9.17) is 21.9 Å². The molecular weight excluding hydrogens is 442 g/mol. The van der Waals surface area contributed by atoms with Crippen LogP contribution in [0, 0.1) is 0 Å². The zero-order chi connectivity index (χ0) is 22.9. The van der Waals surface area contributed by atoms with Crippen LogP contribution >= 0.6 is 12.2 Å². The lowest BCUT2D eigenvalue weighted by Crippen LogP contribution is -2.36. The first-order valence-corrected chi connectivity index (χ1v) is 12.8. The molecule has 34 heavy (non-hydrogen) atoms. The smallest absolute Gasteiger partial charge is 0.174 e. The summed E-state index contributed by atoms with van der Waals surface area (Å²) in [7, 11) is 0. The second-order valence-corrected chi connectivity index (χ2v) is 9.78. The number of pyridine rings is 1. The van der Waals surface area contributed by atoms with Crippen molar-refractivity contribution in [1.29, 1.82) is 0 Å². The molecule has 1 N–H and O–H groups in total. The van der Waals surface area contributed by atoms with Crippen molar-refractivity contribution in [2.45, 2.75) is 43.8 Å². The normalized spacial score (nSPS) is 23.5. The number of thiocarbonyl (C=S) groups is 1. The lowest BCUT2D eigenvalue weighted by molar-refractivity contribution is 0.122. The van der Waals surface area contributed by atoms with Gasteiger partial charge in [-0.1, -0.05) is 18.9 Å². The summed E-state index contributed by atoms with van der Waals surface area (Å²) in [4.78, 5) is 9.38. The number of aromatic nitrogens is 2. The monoisotopic (exact) mass is 473 g/mol. The quantitative estimate of drug-likeness (QED) is 0.526. The van der Waals surface area contributed by atoms with Crippen LogP contribution in [0.15, 0.2) is 67.0 Å². The summed E-state index contributed by atoms with van der Waals surface area (Å²) in [5.41, 5.74) is 4.66. The van der Waals surface area contributed by atoms with Crippen molar-refractivity contribution < 1.29 is 4.74 Å². The number of ether oxygens (including phenoxy) is 1. The Morgan fingerprint density at radius 1 is 0.912 bits per heavy atom. The fourth-order valence-corrected chi connectivity index (χ4v) is 6.10. The maximum absolute atomic E-state index is 5.94. The zero-order valence-electron chi connectivity index (χ0n) is 19.3. The molecular formula is C27H31N5OS. The molecule has 2 unspecified atom stereocenters. The first-order chi connectivity index (χ1) is 16.8. The molecule has 3 aliphatic rings. The molecule has 176 valence electrons. The highest BCUT2D eigenvalue weighted by molar-refractivity contribution is 7.80. The fourth-order valence-electron chi connectivity index (χ4n) is 5.75. The molecule has 3 fully saturated rings. The lowest BCUT2D eigenvalue weighted by atomic mass is 10.00. The van der Waals surface area contributed by atoms with Crippen LogP contribution in [0.1, 0.15) is 55.2 Å². The Morgan fingerprint density at radius 3 is 2.41 bits per heavy atom. The first kappa shape index (κ1) is 21.6. The van der Waals surface area contributed by atoms with E-state index >= 15 is 0 Å². The number of nitrogens with one attached hydrogen (secondary N) is 1. The summed E-state index contributed by atoms with van der Waals surface area (Å²) in [5, 5.41) is 4.36. The Hall–Kier alpha value is -2.90. The molecule has 1 aromatic carbocycles. The van der Waals surface area contributed by atoms with Crippen molar-refractivity contribution in [2.24, 2.45) is 0 Å². The second-order valence-electron chi connectivity index (χ2n) is 9.39. The van der Waals surface area contributed by atoms with Gasteiger partial charge in [-0.15, -0.1) is 0 Å². The highest BCUT2D eigenvalue weighted by Gasteiger charge is 2.42. The van der Waals surface area contributed by atoms with E-state index in [1.54, 1.807) is 0 Å². The van der Waals surface area contributed by atoms with Crippen LogP contribution in [0.2, 0.25) is 0 Å². The number of nitrogens with zero attached hydrogens (tertiary/aromatic N) is 4. The van der Waals surface area contributed by atoms with Gasteiger partial charge in [-0.2, -0.15) is 0 Å². The second kappa shape index (κ2) is 9.39. The molecule has 0 spiro atoms. The van der Waals surface area contributed by atoms with Gasteiger partial charge < -0.3 is 24.4 Å². The number of anilines is 2. The van der Waals surface area contributed by atoms with E-state index < -0.39 is 0 Å². The molecule has 4 heterocycles.